The van der Waals surface area contributed by atoms with Gasteiger partial charge in [-0.05, 0) is 24.1 Å². The molecule has 0 bridgehead atoms. The molecule has 0 aliphatic heterocycles. The molecule has 0 heterocycles. The summed E-state index contributed by atoms with van der Waals surface area (Å²) in [5.41, 5.74) is 6.57. The largest absolute Gasteiger partial charge is 0.508 e. The zero-order valence-electron chi connectivity index (χ0n) is 12.0. The summed E-state index contributed by atoms with van der Waals surface area (Å²) >= 11 is 0. The van der Waals surface area contributed by atoms with Crippen LogP contribution in [0.2, 0.25) is 0 Å². The van der Waals surface area contributed by atoms with Crippen molar-refractivity contribution < 1.29 is 29.9 Å². The summed E-state index contributed by atoms with van der Waals surface area (Å²) in [7, 11) is 0. The Morgan fingerprint density at radius 2 is 1.86 bits per heavy atom. The fourth-order valence-corrected chi connectivity index (χ4v) is 1.62. The first-order valence-electron chi connectivity index (χ1n) is 6.70. The van der Waals surface area contributed by atoms with Crippen LogP contribution in [0.4, 0.5) is 0 Å². The van der Waals surface area contributed by atoms with Crippen LogP contribution in [0.15, 0.2) is 24.3 Å². The quantitative estimate of drug-likeness (QED) is 0.218. The summed E-state index contributed by atoms with van der Waals surface area (Å²) in [4.78, 5) is 16.0. The number of nitrogens with one attached hydrogen (secondary N) is 1. The van der Waals surface area contributed by atoms with E-state index >= 15 is 0 Å². The molecule has 0 amide bonds. The first kappa shape index (κ1) is 18.3. The van der Waals surface area contributed by atoms with Crippen LogP contribution in [-0.4, -0.2) is 59.2 Å². The average molecular weight is 315 g/mol. The number of hydrogen-bond donors (Lipinski definition) is 5. The molecule has 1 rings (SSSR count). The summed E-state index contributed by atoms with van der Waals surface area (Å²) in [5, 5.41) is 28.2. The third-order valence-corrected chi connectivity index (χ3v) is 2.70. The molecular weight excluding hydrogens is 294 g/mol. The van der Waals surface area contributed by atoms with Gasteiger partial charge in [0.1, 0.15) is 18.4 Å². The number of carbonyl (C=O) groups excluding carboxylic acids is 1. The number of aromatic hydroxyl groups is 1. The number of rotatable bonds is 10. The second-order valence-corrected chi connectivity index (χ2v) is 4.48. The van der Waals surface area contributed by atoms with Gasteiger partial charge in [-0.25, -0.2) is 4.84 Å². The summed E-state index contributed by atoms with van der Waals surface area (Å²) in [5.74, 6) is -0.358. The predicted molar refractivity (Wildman–Crippen MR) is 75.0 cm³/mol. The molecule has 0 saturated carbocycles. The zero-order chi connectivity index (χ0) is 16.4. The van der Waals surface area contributed by atoms with E-state index < -0.39 is 12.0 Å². The Balaban J connectivity index is 2.12. The highest BCUT2D eigenvalue weighted by Crippen LogP contribution is 2.11. The fraction of sp³-hybridized carbons (Fsp3) is 0.462. The minimum absolute atomic E-state index is 0.0569. The number of ether oxygens (including phenoxy) is 1. The van der Waals surface area contributed by atoms with Crippen LogP contribution < -0.4 is 11.1 Å². The van der Waals surface area contributed by atoms with Crippen molar-refractivity contribution in [1.29, 1.82) is 0 Å². The molecule has 0 radical (unpaired) electrons. The van der Waals surface area contributed by atoms with Gasteiger partial charge in [-0.1, -0.05) is 12.1 Å². The Labute approximate surface area is 127 Å². The number of carbonyl (C=O) groups is 1. The molecule has 9 nitrogen and oxygen atoms in total. The van der Waals surface area contributed by atoms with Gasteiger partial charge < -0.3 is 20.9 Å². The third-order valence-electron chi connectivity index (χ3n) is 2.70. The van der Waals surface area contributed by atoms with Gasteiger partial charge in [0.25, 0.3) is 0 Å². The van der Waals surface area contributed by atoms with Crippen LogP contribution in [0.1, 0.15) is 5.56 Å². The molecular formula is C13H21N3O6. The van der Waals surface area contributed by atoms with Crippen molar-refractivity contribution in [3.8, 4) is 5.75 Å². The smallest absolute Gasteiger partial charge is 0.323 e. The van der Waals surface area contributed by atoms with Crippen LogP contribution >= 0.6 is 0 Å². The number of benzene rings is 1. The van der Waals surface area contributed by atoms with Crippen LogP contribution in [0.25, 0.3) is 0 Å². The Morgan fingerprint density at radius 1 is 1.23 bits per heavy atom. The minimum Gasteiger partial charge on any atom is -0.508 e. The van der Waals surface area contributed by atoms with E-state index in [1.165, 1.54) is 12.1 Å². The monoisotopic (exact) mass is 315 g/mol. The number of nitrogens with zero attached hydrogens (tertiary/aromatic N) is 1. The third kappa shape index (κ3) is 7.88. The van der Waals surface area contributed by atoms with Gasteiger partial charge in [0.2, 0.25) is 0 Å². The van der Waals surface area contributed by atoms with Crippen LogP contribution in [0.3, 0.4) is 0 Å². The van der Waals surface area contributed by atoms with Crippen LogP contribution in [-0.2, 0) is 20.8 Å². The Kier molecular flexibility index (Phi) is 8.36. The predicted octanol–water partition coefficient (Wildman–Crippen LogP) is -0.593. The highest BCUT2D eigenvalue weighted by atomic mass is 17.1. The van der Waals surface area contributed by atoms with Crippen molar-refractivity contribution in [3.63, 3.8) is 0 Å². The van der Waals surface area contributed by atoms with E-state index in [2.05, 4.69) is 10.2 Å². The molecule has 1 unspecified atom stereocenters. The Hall–Kier alpha value is -1.75. The van der Waals surface area contributed by atoms with Crippen molar-refractivity contribution in [1.82, 2.24) is 10.7 Å². The van der Waals surface area contributed by atoms with Gasteiger partial charge in [-0.15, -0.1) is 0 Å². The molecule has 124 valence electrons. The van der Waals surface area contributed by atoms with E-state index in [0.29, 0.717) is 19.5 Å². The lowest BCUT2D eigenvalue weighted by Crippen LogP contribution is -2.36. The molecule has 6 N–H and O–H groups in total. The second-order valence-electron chi connectivity index (χ2n) is 4.48. The zero-order valence-corrected chi connectivity index (χ0v) is 12.0. The molecule has 0 aliphatic carbocycles. The standard InChI is InChI=1S/C13H21N3O6/c14-12(9-10-1-3-11(17)4-2-10)13(18)21-7-5-15-6-8-22-16(19)20/h1-4,12,15,17,19-20H,5-9,14H2. The summed E-state index contributed by atoms with van der Waals surface area (Å²) in [6.07, 6.45) is 0.323. The number of hydrogen-bond acceptors (Lipinski definition) is 9. The lowest BCUT2D eigenvalue weighted by molar-refractivity contribution is -0.491. The van der Waals surface area contributed by atoms with E-state index in [4.69, 9.17) is 26.0 Å². The molecule has 0 fully saturated rings. The van der Waals surface area contributed by atoms with Crippen molar-refractivity contribution in [2.45, 2.75) is 12.5 Å². The van der Waals surface area contributed by atoms with Gasteiger partial charge >= 0.3 is 5.97 Å². The lowest BCUT2D eigenvalue weighted by Gasteiger charge is -2.12. The van der Waals surface area contributed by atoms with Gasteiger partial charge in [0.05, 0.1) is 12.0 Å². The number of phenols is 1. The van der Waals surface area contributed by atoms with E-state index in [9.17, 15) is 4.79 Å². The van der Waals surface area contributed by atoms with E-state index in [-0.39, 0.29) is 24.4 Å². The van der Waals surface area contributed by atoms with Crippen molar-refractivity contribution >= 4 is 5.97 Å². The highest BCUT2D eigenvalue weighted by Gasteiger charge is 2.15. The Bertz CT molecular complexity index is 440. The molecule has 0 aromatic heterocycles. The minimum atomic E-state index is -0.773. The van der Waals surface area contributed by atoms with E-state index in [1.807, 2.05) is 0 Å². The summed E-state index contributed by atoms with van der Waals surface area (Å²) < 4.78 is 5.00. The number of esters is 1. The van der Waals surface area contributed by atoms with Crippen LogP contribution in [0.5, 0.6) is 5.75 Å². The molecule has 1 atom stereocenters. The molecule has 22 heavy (non-hydrogen) atoms. The summed E-state index contributed by atoms with van der Waals surface area (Å²) in [6, 6.07) is 5.66. The fourth-order valence-electron chi connectivity index (χ4n) is 1.62. The maximum atomic E-state index is 11.7. The van der Waals surface area contributed by atoms with Crippen molar-refractivity contribution in [2.75, 3.05) is 26.3 Å². The second kappa shape index (κ2) is 10.1. The molecule has 1 aromatic rings. The van der Waals surface area contributed by atoms with Gasteiger partial charge in [-0.3, -0.25) is 15.2 Å². The molecule has 0 aliphatic rings. The number of nitrogens with two attached hydrogens (primary N) is 1. The molecule has 9 heteroatoms. The van der Waals surface area contributed by atoms with Gasteiger partial charge in [-0.2, -0.15) is 0 Å². The van der Waals surface area contributed by atoms with E-state index in [0.717, 1.165) is 5.56 Å². The Morgan fingerprint density at radius 3 is 2.50 bits per heavy atom. The normalized spacial score (nSPS) is 12.4. The number of phenolic OH excluding ortho intramolecular Hbond substituents is 1. The molecule has 0 spiro atoms. The van der Waals surface area contributed by atoms with Crippen LogP contribution in [0, 0.1) is 0 Å². The van der Waals surface area contributed by atoms with Gasteiger partial charge in [0, 0.05) is 13.1 Å². The van der Waals surface area contributed by atoms with Gasteiger partial charge in [0.15, 0.2) is 0 Å². The molecule has 0 saturated heterocycles. The maximum Gasteiger partial charge on any atom is 0.323 e. The highest BCUT2D eigenvalue weighted by molar-refractivity contribution is 5.75. The summed E-state index contributed by atoms with van der Waals surface area (Å²) in [6.45, 7) is 0.942. The van der Waals surface area contributed by atoms with E-state index in [1.54, 1.807) is 12.1 Å². The average Bonchev–Trinajstić information content (AvgIpc) is 2.48. The van der Waals surface area contributed by atoms with Crippen molar-refractivity contribution in [3.05, 3.63) is 29.8 Å². The first-order chi connectivity index (χ1) is 10.5. The topological polar surface area (TPSA) is 138 Å². The maximum absolute atomic E-state index is 11.7. The molecule has 1 aromatic carbocycles. The lowest BCUT2D eigenvalue weighted by atomic mass is 10.1. The SMILES string of the molecule is NC(Cc1ccc(O)cc1)C(=O)OCCNCCON(O)O. The first-order valence-corrected chi connectivity index (χ1v) is 6.70. The van der Waals surface area contributed by atoms with Crippen molar-refractivity contribution in [2.24, 2.45) is 5.73 Å².